The summed E-state index contributed by atoms with van der Waals surface area (Å²) in [6, 6.07) is 31.0. The van der Waals surface area contributed by atoms with Gasteiger partial charge in [0.25, 0.3) is 0 Å². The molecule has 1 aliphatic heterocycles. The van der Waals surface area contributed by atoms with E-state index in [-0.39, 0.29) is 6.42 Å². The Balaban J connectivity index is 2.02. The maximum Gasteiger partial charge on any atom is 0.354 e. The van der Waals surface area contributed by atoms with Crippen molar-refractivity contribution in [2.24, 2.45) is 0 Å². The number of hydrogen-bond donors (Lipinski definition) is 0. The van der Waals surface area contributed by atoms with Gasteiger partial charge in [0.15, 0.2) is 0 Å². The van der Waals surface area contributed by atoms with E-state index in [1.165, 1.54) is 0 Å². The molecular formula is C29H28O3Si. The minimum Gasteiger partial charge on any atom is -0.431 e. The SMILES string of the molecule is C=C(C)C[C@]1(C#C[Si](c2ccccc2)(c2ccccc2)c2ccccc2)OC(C)(C)OC1=O. The summed E-state index contributed by atoms with van der Waals surface area (Å²) in [7, 11) is -2.84. The summed E-state index contributed by atoms with van der Waals surface area (Å²) in [5.74, 6) is 1.82. The second-order valence-electron chi connectivity index (χ2n) is 8.95. The molecule has 3 aromatic carbocycles. The number of carbonyl (C=O) groups is 1. The van der Waals surface area contributed by atoms with E-state index in [9.17, 15) is 4.79 Å². The molecule has 4 heteroatoms. The average molecular weight is 453 g/mol. The third-order valence-corrected chi connectivity index (χ3v) is 9.81. The lowest BCUT2D eigenvalue weighted by Crippen LogP contribution is -2.66. The Hall–Kier alpha value is -3.39. The fourth-order valence-corrected chi connectivity index (χ4v) is 8.32. The summed E-state index contributed by atoms with van der Waals surface area (Å²) in [4.78, 5) is 13.1. The molecular weight excluding hydrogens is 424 g/mol. The third-order valence-electron chi connectivity index (χ3n) is 5.71. The lowest BCUT2D eigenvalue weighted by Gasteiger charge is -2.29. The Morgan fingerprint density at radius 2 is 1.27 bits per heavy atom. The van der Waals surface area contributed by atoms with Gasteiger partial charge in [-0.3, -0.25) is 0 Å². The van der Waals surface area contributed by atoms with Crippen LogP contribution in [0.25, 0.3) is 0 Å². The molecule has 1 saturated heterocycles. The fourth-order valence-electron chi connectivity index (χ4n) is 4.42. The van der Waals surface area contributed by atoms with Gasteiger partial charge in [0, 0.05) is 20.3 Å². The minimum absolute atomic E-state index is 0.283. The van der Waals surface area contributed by atoms with Gasteiger partial charge in [-0.2, -0.15) is 0 Å². The first-order valence-corrected chi connectivity index (χ1v) is 13.1. The zero-order valence-corrected chi connectivity index (χ0v) is 20.3. The summed E-state index contributed by atoms with van der Waals surface area (Å²) in [5.41, 5.74) is 3.09. The van der Waals surface area contributed by atoms with E-state index in [1.54, 1.807) is 13.8 Å². The number of ether oxygens (including phenoxy) is 2. The van der Waals surface area contributed by atoms with Gasteiger partial charge >= 0.3 is 5.97 Å². The van der Waals surface area contributed by atoms with Crippen molar-refractivity contribution in [3.05, 3.63) is 103 Å². The molecule has 1 atom stereocenters. The van der Waals surface area contributed by atoms with Gasteiger partial charge in [-0.1, -0.05) is 109 Å². The van der Waals surface area contributed by atoms with Gasteiger partial charge in [0.1, 0.15) is 0 Å². The van der Waals surface area contributed by atoms with Crippen molar-refractivity contribution in [1.29, 1.82) is 0 Å². The highest BCUT2D eigenvalue weighted by molar-refractivity contribution is 7.16. The summed E-state index contributed by atoms with van der Waals surface area (Å²) >= 11 is 0. The molecule has 4 rings (SSSR count). The van der Waals surface area contributed by atoms with Crippen molar-refractivity contribution in [1.82, 2.24) is 0 Å². The van der Waals surface area contributed by atoms with Crippen LogP contribution >= 0.6 is 0 Å². The van der Waals surface area contributed by atoms with Gasteiger partial charge in [0.2, 0.25) is 19.5 Å². The Bertz CT molecular complexity index is 1110. The molecule has 0 aromatic heterocycles. The smallest absolute Gasteiger partial charge is 0.354 e. The van der Waals surface area contributed by atoms with Gasteiger partial charge < -0.3 is 9.47 Å². The summed E-state index contributed by atoms with van der Waals surface area (Å²) in [6.07, 6.45) is 0.283. The van der Waals surface area contributed by atoms with E-state index in [0.717, 1.165) is 21.1 Å². The predicted molar refractivity (Wildman–Crippen MR) is 135 cm³/mol. The van der Waals surface area contributed by atoms with Crippen LogP contribution in [0, 0.1) is 11.5 Å². The summed E-state index contributed by atoms with van der Waals surface area (Å²) in [5, 5.41) is 3.43. The molecule has 1 aliphatic rings. The molecule has 1 heterocycles. The largest absolute Gasteiger partial charge is 0.431 e. The van der Waals surface area contributed by atoms with Gasteiger partial charge in [0.05, 0.1) is 0 Å². The molecule has 0 bridgehead atoms. The van der Waals surface area contributed by atoms with Crippen molar-refractivity contribution in [3.8, 4) is 11.5 Å². The zero-order chi connectivity index (χ0) is 23.5. The van der Waals surface area contributed by atoms with E-state index in [1.807, 2.05) is 61.5 Å². The molecule has 166 valence electrons. The fraction of sp³-hybridized carbons (Fsp3) is 0.207. The standard InChI is InChI=1S/C29H28O3Si/c1-23(2)22-29(27(30)31-28(3,4)32-29)20-21-33(24-14-8-5-9-15-24,25-16-10-6-11-17-25)26-18-12-7-13-19-26/h5-19H,1,22H2,2-4H3/t29-/m0/s1. The first kappa shape index (κ1) is 22.8. The predicted octanol–water partition coefficient (Wildman–Crippen LogP) is 3.71. The van der Waals surface area contributed by atoms with E-state index in [0.29, 0.717) is 0 Å². The van der Waals surface area contributed by atoms with Crippen LogP contribution < -0.4 is 15.6 Å². The van der Waals surface area contributed by atoms with Gasteiger partial charge in [-0.15, -0.1) is 5.54 Å². The van der Waals surface area contributed by atoms with Crippen LogP contribution in [0.2, 0.25) is 0 Å². The van der Waals surface area contributed by atoms with Crippen LogP contribution in [0.5, 0.6) is 0 Å². The highest BCUT2D eigenvalue weighted by Crippen LogP contribution is 2.36. The molecule has 33 heavy (non-hydrogen) atoms. The molecule has 0 unspecified atom stereocenters. The maximum absolute atomic E-state index is 13.1. The van der Waals surface area contributed by atoms with Crippen LogP contribution in [0.3, 0.4) is 0 Å². The Kier molecular flexibility index (Phi) is 6.12. The number of benzene rings is 3. The number of esters is 1. The van der Waals surface area contributed by atoms with Gasteiger partial charge in [-0.25, -0.2) is 4.79 Å². The number of hydrogen-bond acceptors (Lipinski definition) is 3. The van der Waals surface area contributed by atoms with Crippen molar-refractivity contribution >= 4 is 29.6 Å². The maximum atomic E-state index is 13.1. The Morgan fingerprint density at radius 1 is 0.848 bits per heavy atom. The quantitative estimate of drug-likeness (QED) is 0.195. The van der Waals surface area contributed by atoms with Crippen molar-refractivity contribution in [2.45, 2.75) is 38.6 Å². The molecule has 0 N–H and O–H groups in total. The summed E-state index contributed by atoms with van der Waals surface area (Å²) < 4.78 is 11.7. The van der Waals surface area contributed by atoms with Crippen molar-refractivity contribution in [3.63, 3.8) is 0 Å². The zero-order valence-electron chi connectivity index (χ0n) is 19.3. The highest BCUT2D eigenvalue weighted by atomic mass is 28.3. The lowest BCUT2D eigenvalue weighted by atomic mass is 9.97. The molecule has 0 radical (unpaired) electrons. The van der Waals surface area contributed by atoms with Crippen molar-refractivity contribution < 1.29 is 14.3 Å². The molecule has 0 spiro atoms. The Morgan fingerprint density at radius 3 is 1.61 bits per heavy atom. The molecule has 3 nitrogen and oxygen atoms in total. The molecule has 0 aliphatic carbocycles. The second kappa shape index (κ2) is 8.86. The normalized spacial score (nSPS) is 19.3. The van der Waals surface area contributed by atoms with Gasteiger partial charge in [-0.05, 0) is 22.5 Å². The van der Waals surface area contributed by atoms with Crippen LogP contribution in [0.4, 0.5) is 0 Å². The first-order valence-electron chi connectivity index (χ1n) is 11.1. The van der Waals surface area contributed by atoms with Crippen molar-refractivity contribution in [2.75, 3.05) is 0 Å². The second-order valence-corrected chi connectivity index (χ2v) is 12.4. The molecule has 0 saturated carbocycles. The van der Waals surface area contributed by atoms with E-state index >= 15 is 0 Å². The van der Waals surface area contributed by atoms with E-state index in [4.69, 9.17) is 9.47 Å². The number of cyclic esters (lactones) is 1. The number of rotatable bonds is 5. The van der Waals surface area contributed by atoms with Crippen LogP contribution in [0.15, 0.2) is 103 Å². The number of carbonyl (C=O) groups excluding carboxylic acids is 1. The molecule has 1 fully saturated rings. The average Bonchev–Trinajstić information content (AvgIpc) is 3.03. The first-order chi connectivity index (χ1) is 15.8. The highest BCUT2D eigenvalue weighted by Gasteiger charge is 2.53. The summed E-state index contributed by atoms with van der Waals surface area (Å²) in [6.45, 7) is 9.38. The van der Waals surface area contributed by atoms with E-state index in [2.05, 4.69) is 54.4 Å². The molecule has 0 amide bonds. The van der Waals surface area contributed by atoms with Crippen LogP contribution in [-0.2, 0) is 14.3 Å². The minimum atomic E-state index is -2.84. The molecule has 3 aromatic rings. The van der Waals surface area contributed by atoms with Crippen LogP contribution in [0.1, 0.15) is 27.2 Å². The lowest BCUT2D eigenvalue weighted by molar-refractivity contribution is -0.162. The van der Waals surface area contributed by atoms with Crippen LogP contribution in [-0.4, -0.2) is 25.4 Å². The topological polar surface area (TPSA) is 35.5 Å². The third kappa shape index (κ3) is 4.43. The Labute approximate surface area is 197 Å². The van der Waals surface area contributed by atoms with E-state index < -0.39 is 25.4 Å². The monoisotopic (exact) mass is 452 g/mol.